The van der Waals surface area contributed by atoms with Gasteiger partial charge in [0.15, 0.2) is 0 Å². The minimum absolute atomic E-state index is 0. The molecular weight excluding hydrogens is 361 g/mol. The van der Waals surface area contributed by atoms with Crippen LogP contribution in [-0.2, 0) is 32.7 Å². The van der Waals surface area contributed by atoms with Crippen LogP contribution in [0.3, 0.4) is 0 Å². The molecule has 0 aliphatic heterocycles. The van der Waals surface area contributed by atoms with Crippen LogP contribution in [0, 0.1) is 14.4 Å². The molecule has 1 aromatic heterocycles. The van der Waals surface area contributed by atoms with Crippen molar-refractivity contribution in [3.63, 3.8) is 0 Å². The van der Waals surface area contributed by atoms with Crippen molar-refractivity contribution in [2.45, 2.75) is 62.3 Å². The third kappa shape index (κ3) is 42.7. The van der Waals surface area contributed by atoms with E-state index in [1.54, 1.807) is 11.3 Å². The van der Waals surface area contributed by atoms with Crippen LogP contribution in [0.15, 0.2) is 53.2 Å². The first-order valence-corrected chi connectivity index (χ1v) is 8.82. The van der Waals surface area contributed by atoms with E-state index >= 15 is 0 Å². The summed E-state index contributed by atoms with van der Waals surface area (Å²) in [6.45, 7) is 18.1. The minimum atomic E-state index is 0. The van der Waals surface area contributed by atoms with Gasteiger partial charge in [0.25, 0.3) is 0 Å². The maximum atomic E-state index is 2.08. The van der Waals surface area contributed by atoms with E-state index in [-0.39, 0.29) is 40.1 Å². The first-order chi connectivity index (χ1) is 9.89. The van der Waals surface area contributed by atoms with Crippen molar-refractivity contribution < 1.29 is 32.7 Å². The van der Waals surface area contributed by atoms with Gasteiger partial charge in [-0.15, -0.1) is 0 Å². The van der Waals surface area contributed by atoms with Crippen molar-refractivity contribution in [3.8, 4) is 0 Å². The maximum Gasteiger partial charge on any atom is 0 e. The Balaban J connectivity index is -0.0000000384. The van der Waals surface area contributed by atoms with Crippen LogP contribution in [0.5, 0.6) is 0 Å². The van der Waals surface area contributed by atoms with Crippen molar-refractivity contribution in [2.75, 3.05) is 0 Å². The summed E-state index contributed by atoms with van der Waals surface area (Å²) in [5, 5.41) is 4.08. The van der Waals surface area contributed by atoms with Crippen molar-refractivity contribution in [1.29, 1.82) is 0 Å². The summed E-state index contributed by atoms with van der Waals surface area (Å²) in [6, 6.07) is 14.3. The minimum Gasteiger partial charge on any atom is -0.358 e. The summed E-state index contributed by atoms with van der Waals surface area (Å²) < 4.78 is 0. The molecule has 0 unspecified atom stereocenters. The number of rotatable bonds is 0. The van der Waals surface area contributed by atoms with Gasteiger partial charge in [0.05, 0.1) is 0 Å². The van der Waals surface area contributed by atoms with Crippen LogP contribution >= 0.6 is 11.3 Å². The van der Waals surface area contributed by atoms with Gasteiger partial charge in [0.2, 0.25) is 0 Å². The normalized spacial score (nSPS) is 5.68. The zero-order valence-electron chi connectivity index (χ0n) is 16.7. The van der Waals surface area contributed by atoms with Crippen LogP contribution in [0.1, 0.15) is 61.0 Å². The van der Waals surface area contributed by atoms with E-state index in [4.69, 9.17) is 0 Å². The van der Waals surface area contributed by atoms with Crippen molar-refractivity contribution >= 4 is 11.3 Å². The van der Waals surface area contributed by atoms with Gasteiger partial charge in [-0.3, -0.25) is 0 Å². The largest absolute Gasteiger partial charge is 0.358 e. The van der Waals surface area contributed by atoms with Gasteiger partial charge in [-0.2, -0.15) is 11.3 Å². The van der Waals surface area contributed by atoms with Crippen molar-refractivity contribution in [2.24, 2.45) is 0 Å². The fourth-order valence-corrected chi connectivity index (χ4v) is 1.21. The summed E-state index contributed by atoms with van der Waals surface area (Å²) in [5.41, 5.74) is 1.32. The number of benzene rings is 1. The molecule has 0 N–H and O–H groups in total. The third-order valence-corrected chi connectivity index (χ3v) is 1.99. The summed E-state index contributed by atoms with van der Waals surface area (Å²) in [6.07, 6.45) is 0. The van der Waals surface area contributed by atoms with E-state index in [0.717, 1.165) is 0 Å². The molecule has 1 heterocycles. The maximum absolute atomic E-state index is 2.08. The fraction of sp³-hybridized carbons (Fsp3) is 0.450. The summed E-state index contributed by atoms with van der Waals surface area (Å²) in [7, 11) is 0. The Labute approximate surface area is 171 Å². The molecule has 0 aliphatic carbocycles. The molecule has 1 radical (unpaired) electrons. The van der Waals surface area contributed by atoms with E-state index in [9.17, 15) is 0 Å². The first kappa shape index (κ1) is 37.9. The molecular formula is C20H39SY-. The molecule has 0 saturated heterocycles. The molecule has 129 valence electrons. The number of hydrogen-bond acceptors (Lipinski definition) is 1. The average Bonchev–Trinajstić information content (AvgIpc) is 3.16. The van der Waals surface area contributed by atoms with Gasteiger partial charge in [-0.25, -0.2) is 0 Å². The Morgan fingerprint density at radius 2 is 0.909 bits per heavy atom. The fourth-order valence-electron chi connectivity index (χ4n) is 0.761. The van der Waals surface area contributed by atoms with Gasteiger partial charge in [0.1, 0.15) is 0 Å². The molecule has 1 aromatic carbocycles. The van der Waals surface area contributed by atoms with E-state index in [2.05, 4.69) is 19.1 Å². The zero-order chi connectivity index (χ0) is 16.6. The Morgan fingerprint density at radius 3 is 1.05 bits per heavy atom. The van der Waals surface area contributed by atoms with Crippen molar-refractivity contribution in [3.05, 3.63) is 66.2 Å². The molecule has 0 spiro atoms. The molecule has 0 bridgehead atoms. The number of aryl methyl sites for hydroxylation is 1. The van der Waals surface area contributed by atoms with Gasteiger partial charge < -0.3 is 7.43 Å². The molecule has 0 amide bonds. The van der Waals surface area contributed by atoms with Crippen LogP contribution in [-0.4, -0.2) is 0 Å². The molecule has 2 rings (SSSR count). The Bertz CT molecular complexity index is 260. The van der Waals surface area contributed by atoms with Crippen LogP contribution < -0.4 is 0 Å². The molecule has 0 saturated carbocycles. The van der Waals surface area contributed by atoms with Gasteiger partial charge >= 0.3 is 0 Å². The molecule has 0 atom stereocenters. The Morgan fingerprint density at radius 1 is 0.591 bits per heavy atom. The van der Waals surface area contributed by atoms with Crippen LogP contribution in [0.25, 0.3) is 0 Å². The zero-order valence-corrected chi connectivity index (χ0v) is 20.3. The summed E-state index contributed by atoms with van der Waals surface area (Å²) >= 11 is 1.71. The first-order valence-electron chi connectivity index (χ1n) is 7.88. The molecule has 0 nitrogen and oxygen atoms in total. The standard InChI is InChI=1S/C7H8.C4H4S.4C2H6.CH3.Y/c1-7-5-3-2-4-6-7;1-2-4-5-3-1;4*1-2;;/h2-6H,1H3;1-4H;4*1-2H3;1H3;/q;;;;;;-1;. The summed E-state index contributed by atoms with van der Waals surface area (Å²) in [5.74, 6) is 0. The third-order valence-electron chi connectivity index (χ3n) is 1.37. The average molecular weight is 401 g/mol. The second kappa shape index (κ2) is 49.7. The molecule has 2 aromatic rings. The van der Waals surface area contributed by atoms with Gasteiger partial charge in [-0.05, 0) is 17.7 Å². The van der Waals surface area contributed by atoms with E-state index < -0.39 is 0 Å². The Hall–Kier alpha value is 0.0239. The molecule has 22 heavy (non-hydrogen) atoms. The number of thiophene rings is 1. The monoisotopic (exact) mass is 400 g/mol. The Kier molecular flexibility index (Phi) is 85.6. The van der Waals surface area contributed by atoms with Crippen molar-refractivity contribution in [1.82, 2.24) is 0 Å². The SMILES string of the molecule is CC.CC.CC.CC.Cc1ccccc1.[CH3-].[Y].c1ccsc1. The van der Waals surface area contributed by atoms with Crippen LogP contribution in [0.4, 0.5) is 0 Å². The second-order valence-electron chi connectivity index (χ2n) is 2.45. The van der Waals surface area contributed by atoms with Gasteiger partial charge in [-0.1, -0.05) is 103 Å². The topological polar surface area (TPSA) is 0 Å². The van der Waals surface area contributed by atoms with E-state index in [0.29, 0.717) is 0 Å². The number of hydrogen-bond donors (Lipinski definition) is 0. The predicted molar refractivity (Wildman–Crippen MR) is 107 cm³/mol. The second-order valence-corrected chi connectivity index (χ2v) is 3.26. The van der Waals surface area contributed by atoms with Gasteiger partial charge in [0, 0.05) is 32.7 Å². The molecule has 0 aliphatic rings. The van der Waals surface area contributed by atoms with E-state index in [1.165, 1.54) is 5.56 Å². The molecule has 2 heteroatoms. The van der Waals surface area contributed by atoms with E-state index in [1.807, 2.05) is 96.5 Å². The summed E-state index contributed by atoms with van der Waals surface area (Å²) in [4.78, 5) is 0. The predicted octanol–water partition coefficient (Wildman–Crippen LogP) is 8.30. The smallest absolute Gasteiger partial charge is 0 e. The molecule has 0 fully saturated rings. The quantitative estimate of drug-likeness (QED) is 0.390. The van der Waals surface area contributed by atoms with Crippen LogP contribution in [0.2, 0.25) is 0 Å².